The molecule has 0 atom stereocenters. The molecule has 0 aliphatic carbocycles. The highest BCUT2D eigenvalue weighted by molar-refractivity contribution is 5.91. The van der Waals surface area contributed by atoms with Crippen LogP contribution in [0.25, 0.3) is 11.0 Å². The number of nitrogens with zero attached hydrogens (tertiary/aromatic N) is 3. The number of rotatable bonds is 2. The van der Waals surface area contributed by atoms with Crippen LogP contribution in [0.4, 0.5) is 5.69 Å². The molecular formula is C16H18N4O. The van der Waals surface area contributed by atoms with E-state index in [-0.39, 0.29) is 0 Å². The molecule has 4 heterocycles. The van der Waals surface area contributed by atoms with E-state index in [1.807, 2.05) is 18.5 Å². The second kappa shape index (κ2) is 5.26. The quantitative estimate of drug-likeness (QED) is 0.916. The molecule has 1 N–H and O–H groups in total. The lowest BCUT2D eigenvalue weighted by Crippen LogP contribution is -2.37. The van der Waals surface area contributed by atoms with Gasteiger partial charge in [0.25, 0.3) is 0 Å². The Bertz CT molecular complexity index is 697. The molecule has 2 aliphatic rings. The van der Waals surface area contributed by atoms with Crippen molar-refractivity contribution in [3.63, 3.8) is 0 Å². The van der Waals surface area contributed by atoms with Crippen LogP contribution in [0.15, 0.2) is 48.6 Å². The normalized spacial score (nSPS) is 19.1. The third-order valence-corrected chi connectivity index (χ3v) is 3.99. The van der Waals surface area contributed by atoms with Gasteiger partial charge in [-0.1, -0.05) is 6.08 Å². The van der Waals surface area contributed by atoms with Crippen LogP contribution in [0.5, 0.6) is 0 Å². The Morgan fingerprint density at radius 1 is 1.24 bits per heavy atom. The molecule has 1 fully saturated rings. The number of hydrogen-bond acceptors (Lipinski definition) is 4. The van der Waals surface area contributed by atoms with Gasteiger partial charge in [-0.2, -0.15) is 0 Å². The smallest absolute Gasteiger partial charge is 0.139 e. The zero-order valence-electron chi connectivity index (χ0n) is 11.8. The molecule has 5 heteroatoms. The van der Waals surface area contributed by atoms with Crippen molar-refractivity contribution < 1.29 is 4.74 Å². The molecule has 0 radical (unpaired) electrons. The third kappa shape index (κ3) is 2.29. The van der Waals surface area contributed by atoms with E-state index in [4.69, 9.17) is 4.74 Å². The number of H-pyrrole nitrogens is 1. The monoisotopic (exact) mass is 282 g/mol. The highest BCUT2D eigenvalue weighted by Crippen LogP contribution is 2.28. The first-order valence-corrected chi connectivity index (χ1v) is 7.31. The maximum absolute atomic E-state index is 5.43. The minimum atomic E-state index is 0.808. The van der Waals surface area contributed by atoms with E-state index in [2.05, 4.69) is 44.2 Å². The van der Waals surface area contributed by atoms with Gasteiger partial charge in [-0.3, -0.25) is 0 Å². The van der Waals surface area contributed by atoms with Crippen LogP contribution in [0.3, 0.4) is 0 Å². The fourth-order valence-electron chi connectivity index (χ4n) is 2.90. The second-order valence-electron chi connectivity index (χ2n) is 5.28. The number of anilines is 1. The molecule has 0 aromatic carbocycles. The van der Waals surface area contributed by atoms with Gasteiger partial charge in [0.2, 0.25) is 0 Å². The summed E-state index contributed by atoms with van der Waals surface area (Å²) in [6, 6.07) is 4.08. The van der Waals surface area contributed by atoms with Crippen molar-refractivity contribution in [2.45, 2.75) is 0 Å². The molecule has 0 unspecified atom stereocenters. The lowest BCUT2D eigenvalue weighted by molar-refractivity contribution is 0.0552. The van der Waals surface area contributed by atoms with Crippen molar-refractivity contribution in [3.8, 4) is 0 Å². The summed E-state index contributed by atoms with van der Waals surface area (Å²) in [6.45, 7) is 4.42. The van der Waals surface area contributed by atoms with E-state index in [9.17, 15) is 0 Å². The number of hydrogen-bond donors (Lipinski definition) is 1. The van der Waals surface area contributed by atoms with Crippen LogP contribution in [0.1, 0.15) is 0 Å². The van der Waals surface area contributed by atoms with Crippen LogP contribution < -0.4 is 4.90 Å². The van der Waals surface area contributed by atoms with Gasteiger partial charge in [-0.25, -0.2) is 4.98 Å². The predicted octanol–water partition coefficient (Wildman–Crippen LogP) is 2.11. The molecule has 2 aromatic heterocycles. The summed E-state index contributed by atoms with van der Waals surface area (Å²) in [7, 11) is 0. The zero-order chi connectivity index (χ0) is 14.1. The number of fused-ring (bicyclic) bond motifs is 1. The summed E-state index contributed by atoms with van der Waals surface area (Å²) in [5, 5.41) is 1.16. The fraction of sp³-hybridized carbons (Fsp3) is 0.312. The van der Waals surface area contributed by atoms with Gasteiger partial charge < -0.3 is 19.5 Å². The summed E-state index contributed by atoms with van der Waals surface area (Å²) >= 11 is 0. The molecule has 2 aliphatic heterocycles. The number of aromatic nitrogens is 2. The molecule has 0 spiro atoms. The SMILES string of the molecule is C1=CC(N2CCOCC2)=CN(c2c[nH]c3ncccc23)C1. The number of ether oxygens (including phenoxy) is 1. The maximum Gasteiger partial charge on any atom is 0.139 e. The van der Waals surface area contributed by atoms with E-state index in [1.54, 1.807) is 0 Å². The van der Waals surface area contributed by atoms with Gasteiger partial charge in [-0.05, 0) is 18.2 Å². The average Bonchev–Trinajstić information content (AvgIpc) is 3.00. The van der Waals surface area contributed by atoms with Crippen molar-refractivity contribution in [2.24, 2.45) is 0 Å². The Hall–Kier alpha value is -2.27. The van der Waals surface area contributed by atoms with E-state index in [0.29, 0.717) is 0 Å². The van der Waals surface area contributed by atoms with E-state index in [0.717, 1.165) is 43.9 Å². The van der Waals surface area contributed by atoms with E-state index < -0.39 is 0 Å². The molecule has 5 nitrogen and oxygen atoms in total. The standard InChI is InChI=1S/C16H18N4O/c1-4-14-15(11-18-16(14)17-5-1)20-6-2-3-13(12-20)19-7-9-21-10-8-19/h1-5,11-12H,6-10H2,(H,17,18). The Balaban J connectivity index is 1.66. The first kappa shape index (κ1) is 12.5. The van der Waals surface area contributed by atoms with Crippen molar-refractivity contribution in [1.29, 1.82) is 0 Å². The first-order chi connectivity index (χ1) is 10.4. The molecule has 1 saturated heterocycles. The Morgan fingerprint density at radius 3 is 3.05 bits per heavy atom. The molecule has 0 bridgehead atoms. The Kier molecular flexibility index (Phi) is 3.12. The summed E-state index contributed by atoms with van der Waals surface area (Å²) in [5.41, 5.74) is 3.36. The van der Waals surface area contributed by atoms with Crippen LogP contribution >= 0.6 is 0 Å². The van der Waals surface area contributed by atoms with Crippen LogP contribution in [-0.2, 0) is 4.74 Å². The number of aromatic amines is 1. The zero-order valence-corrected chi connectivity index (χ0v) is 11.8. The lowest BCUT2D eigenvalue weighted by Gasteiger charge is -2.33. The van der Waals surface area contributed by atoms with Crippen molar-refractivity contribution in [3.05, 3.63) is 48.6 Å². The summed E-state index contributed by atoms with van der Waals surface area (Å²) < 4.78 is 5.43. The van der Waals surface area contributed by atoms with Gasteiger partial charge >= 0.3 is 0 Å². The number of allylic oxidation sites excluding steroid dienone is 1. The van der Waals surface area contributed by atoms with Crippen molar-refractivity contribution >= 4 is 16.7 Å². The second-order valence-corrected chi connectivity index (χ2v) is 5.28. The molecule has 108 valence electrons. The van der Waals surface area contributed by atoms with Gasteiger partial charge in [-0.15, -0.1) is 0 Å². The minimum absolute atomic E-state index is 0.808. The molecule has 4 rings (SSSR count). The maximum atomic E-state index is 5.43. The highest BCUT2D eigenvalue weighted by atomic mass is 16.5. The molecule has 21 heavy (non-hydrogen) atoms. The summed E-state index contributed by atoms with van der Waals surface area (Å²) in [6.07, 6.45) is 10.5. The minimum Gasteiger partial charge on any atom is -0.378 e. The number of morpholine rings is 1. The van der Waals surface area contributed by atoms with Crippen LogP contribution in [0, 0.1) is 0 Å². The molecule has 0 saturated carbocycles. The Labute approximate surface area is 123 Å². The van der Waals surface area contributed by atoms with E-state index >= 15 is 0 Å². The highest BCUT2D eigenvalue weighted by Gasteiger charge is 2.17. The summed E-state index contributed by atoms with van der Waals surface area (Å²) in [4.78, 5) is 12.2. The fourth-order valence-corrected chi connectivity index (χ4v) is 2.90. The van der Waals surface area contributed by atoms with E-state index in [1.165, 1.54) is 11.4 Å². The largest absolute Gasteiger partial charge is 0.378 e. The first-order valence-electron chi connectivity index (χ1n) is 7.31. The lowest BCUT2D eigenvalue weighted by atomic mass is 10.2. The molecule has 0 amide bonds. The Morgan fingerprint density at radius 2 is 2.14 bits per heavy atom. The van der Waals surface area contributed by atoms with Crippen molar-refractivity contribution in [1.82, 2.24) is 14.9 Å². The van der Waals surface area contributed by atoms with Gasteiger partial charge in [0, 0.05) is 43.6 Å². The van der Waals surface area contributed by atoms with Gasteiger partial charge in [0.1, 0.15) is 5.65 Å². The van der Waals surface area contributed by atoms with Gasteiger partial charge in [0.05, 0.1) is 24.6 Å². The van der Waals surface area contributed by atoms with Crippen molar-refractivity contribution in [2.75, 3.05) is 37.7 Å². The topological polar surface area (TPSA) is 44.4 Å². The molecule has 2 aromatic rings. The van der Waals surface area contributed by atoms with Gasteiger partial charge in [0.15, 0.2) is 0 Å². The van der Waals surface area contributed by atoms with Crippen LogP contribution in [-0.4, -0.2) is 47.7 Å². The molecular weight excluding hydrogens is 264 g/mol. The number of nitrogens with one attached hydrogen (secondary N) is 1. The third-order valence-electron chi connectivity index (χ3n) is 3.99. The average molecular weight is 282 g/mol. The predicted molar refractivity (Wildman–Crippen MR) is 83.1 cm³/mol. The summed E-state index contributed by atoms with van der Waals surface area (Å²) in [5.74, 6) is 0. The van der Waals surface area contributed by atoms with Crippen LogP contribution in [0.2, 0.25) is 0 Å². The number of pyridine rings is 1.